The van der Waals surface area contributed by atoms with Crippen molar-refractivity contribution >= 4 is 62.9 Å². The number of hydrogen-bond acceptors (Lipinski definition) is 16. The van der Waals surface area contributed by atoms with Crippen LogP contribution < -0.4 is 9.80 Å². The zero-order valence-corrected chi connectivity index (χ0v) is 37.6. The molecule has 4 rings (SSSR count). The normalized spacial score (nSPS) is 12.9. The Morgan fingerprint density at radius 1 is 0.567 bits per heavy atom. The minimum Gasteiger partial charge on any atom is -0.378 e. The molecule has 0 amide bonds. The van der Waals surface area contributed by atoms with Crippen molar-refractivity contribution in [3.63, 3.8) is 0 Å². The first-order chi connectivity index (χ1) is 28.5. The second-order valence-corrected chi connectivity index (χ2v) is 19.1. The SMILES string of the molecule is CC(C)N(C(C)C)P(OCCC#N)OCC(COS(=O)(=O)c1ccc(/N=N/c2ccc(N(C)C)cc2)cc1)COS(=O)(=O)c1ccc(/N=N/c2ccc(N(C)C)cc2)cc1. The van der Waals surface area contributed by atoms with Gasteiger partial charge < -0.3 is 18.8 Å². The molecular weight excluding hydrogens is 828 g/mol. The van der Waals surface area contributed by atoms with Gasteiger partial charge in [-0.3, -0.25) is 8.37 Å². The molecule has 0 saturated heterocycles. The van der Waals surface area contributed by atoms with Gasteiger partial charge in [0.25, 0.3) is 28.8 Å². The van der Waals surface area contributed by atoms with Crippen LogP contribution in [0.1, 0.15) is 34.1 Å². The number of benzene rings is 4. The summed E-state index contributed by atoms with van der Waals surface area (Å²) >= 11 is 0. The highest BCUT2D eigenvalue weighted by atomic mass is 32.2. The van der Waals surface area contributed by atoms with Crippen LogP contribution in [0.3, 0.4) is 0 Å². The van der Waals surface area contributed by atoms with Crippen molar-refractivity contribution < 1.29 is 34.2 Å². The fourth-order valence-electron chi connectivity index (χ4n) is 5.36. The molecule has 0 saturated carbocycles. The number of azo groups is 2. The maximum Gasteiger partial charge on any atom is 0.296 e. The molecule has 0 N–H and O–H groups in total. The fourth-order valence-corrected chi connectivity index (χ4v) is 8.99. The van der Waals surface area contributed by atoms with Crippen molar-refractivity contribution in [3.05, 3.63) is 97.1 Å². The molecule has 0 heterocycles. The molecule has 0 spiro atoms. The van der Waals surface area contributed by atoms with Gasteiger partial charge >= 0.3 is 0 Å². The zero-order valence-electron chi connectivity index (χ0n) is 35.1. The second-order valence-electron chi connectivity index (χ2n) is 14.4. The predicted octanol–water partition coefficient (Wildman–Crippen LogP) is 9.67. The lowest BCUT2D eigenvalue weighted by atomic mass is 10.2. The first-order valence-corrected chi connectivity index (χ1v) is 23.0. The van der Waals surface area contributed by atoms with Crippen molar-refractivity contribution in [1.82, 2.24) is 4.67 Å². The number of nitrogens with zero attached hydrogens (tertiary/aromatic N) is 8. The van der Waals surface area contributed by atoms with Crippen LogP contribution in [0.2, 0.25) is 0 Å². The van der Waals surface area contributed by atoms with Crippen molar-refractivity contribution in [2.75, 3.05) is 64.4 Å². The molecule has 16 nitrogen and oxygen atoms in total. The molecule has 0 fully saturated rings. The number of nitriles is 1. The minimum absolute atomic E-state index is 0.0119. The highest BCUT2D eigenvalue weighted by Crippen LogP contribution is 2.46. The molecule has 0 aliphatic heterocycles. The Bertz CT molecular complexity index is 2120. The van der Waals surface area contributed by atoms with E-state index in [1.165, 1.54) is 48.5 Å². The summed E-state index contributed by atoms with van der Waals surface area (Å²) in [5.41, 5.74) is 4.12. The summed E-state index contributed by atoms with van der Waals surface area (Å²) in [7, 11) is -2.65. The predicted molar refractivity (Wildman–Crippen MR) is 234 cm³/mol. The van der Waals surface area contributed by atoms with E-state index in [1.807, 2.05) is 125 Å². The number of anilines is 2. The molecule has 0 aliphatic carbocycles. The van der Waals surface area contributed by atoms with E-state index in [2.05, 4.69) is 20.5 Å². The third kappa shape index (κ3) is 14.8. The van der Waals surface area contributed by atoms with Gasteiger partial charge in [0.05, 0.1) is 71.5 Å². The van der Waals surface area contributed by atoms with E-state index < -0.39 is 47.9 Å². The molecule has 19 heteroatoms. The van der Waals surface area contributed by atoms with Gasteiger partial charge in [0.2, 0.25) is 0 Å². The van der Waals surface area contributed by atoms with Gasteiger partial charge in [-0.15, -0.1) is 0 Å². The van der Waals surface area contributed by atoms with Crippen LogP contribution in [-0.4, -0.2) is 88.2 Å². The van der Waals surface area contributed by atoms with Crippen LogP contribution in [0.4, 0.5) is 34.1 Å². The Morgan fingerprint density at radius 3 is 1.23 bits per heavy atom. The Balaban J connectivity index is 1.48. The average Bonchev–Trinajstić information content (AvgIpc) is 3.22. The van der Waals surface area contributed by atoms with Gasteiger partial charge in [0.1, 0.15) is 0 Å². The van der Waals surface area contributed by atoms with Crippen molar-refractivity contribution in [2.45, 2.75) is 56.0 Å². The van der Waals surface area contributed by atoms with E-state index in [-0.39, 0.29) is 41.5 Å². The van der Waals surface area contributed by atoms with Gasteiger partial charge in [-0.1, -0.05) is 0 Å². The smallest absolute Gasteiger partial charge is 0.296 e. The van der Waals surface area contributed by atoms with Crippen LogP contribution in [-0.2, 0) is 37.6 Å². The minimum atomic E-state index is -4.33. The number of rotatable bonds is 23. The molecule has 4 aromatic carbocycles. The van der Waals surface area contributed by atoms with E-state index in [9.17, 15) is 16.8 Å². The lowest BCUT2D eigenvalue weighted by Crippen LogP contribution is -2.34. The summed E-state index contributed by atoms with van der Waals surface area (Å²) in [6.07, 6.45) is 0.131. The first-order valence-electron chi connectivity index (χ1n) is 19.1. The zero-order chi connectivity index (χ0) is 43.9. The summed E-state index contributed by atoms with van der Waals surface area (Å²) in [6, 6.07) is 28.3. The molecule has 4 aromatic rings. The summed E-state index contributed by atoms with van der Waals surface area (Å²) in [5, 5.41) is 26.0. The molecule has 322 valence electrons. The van der Waals surface area contributed by atoms with Gasteiger partial charge in [0.15, 0.2) is 0 Å². The molecule has 0 aliphatic rings. The average molecular weight is 881 g/mol. The maximum absolute atomic E-state index is 13.4. The van der Waals surface area contributed by atoms with Crippen LogP contribution in [0.25, 0.3) is 0 Å². The fraction of sp³-hybridized carbons (Fsp3) is 0.390. The Hall–Kier alpha value is -4.70. The molecule has 0 bridgehead atoms. The van der Waals surface area contributed by atoms with Gasteiger partial charge in [-0.25, -0.2) is 4.67 Å². The largest absolute Gasteiger partial charge is 0.378 e. The van der Waals surface area contributed by atoms with Crippen LogP contribution >= 0.6 is 8.53 Å². The van der Waals surface area contributed by atoms with Crippen LogP contribution in [0, 0.1) is 17.2 Å². The van der Waals surface area contributed by atoms with Crippen molar-refractivity contribution in [3.8, 4) is 6.07 Å². The standard InChI is InChI=1S/C41H53N8O8PS2/c1-31(2)49(32(3)4)58(54-27-9-26-42)55-28-33(29-56-59(50,51)40-22-14-36(15-23-40)45-43-34-10-18-38(19-11-34)47(5)6)30-57-60(52,53)41-24-16-37(17-25-41)46-44-35-12-20-39(21-13-35)48(7)8/h10-25,31-33H,9,27-30H2,1-8H3/b45-43+,46-44+. The summed E-state index contributed by atoms with van der Waals surface area (Å²) in [6.45, 7) is 6.83. The van der Waals surface area contributed by atoms with E-state index in [0.29, 0.717) is 22.7 Å². The quantitative estimate of drug-likeness (QED) is 0.0297. The van der Waals surface area contributed by atoms with E-state index in [1.54, 1.807) is 0 Å². The summed E-state index contributed by atoms with van der Waals surface area (Å²) in [5.74, 6) is -0.904. The summed E-state index contributed by atoms with van der Waals surface area (Å²) in [4.78, 5) is 3.65. The van der Waals surface area contributed by atoms with E-state index >= 15 is 0 Å². The monoisotopic (exact) mass is 880 g/mol. The third-order valence-electron chi connectivity index (χ3n) is 8.55. The third-order valence-corrected chi connectivity index (χ3v) is 13.2. The Labute approximate surface area is 355 Å². The maximum atomic E-state index is 13.4. The summed E-state index contributed by atoms with van der Waals surface area (Å²) < 4.78 is 78.7. The topological polar surface area (TPSA) is 188 Å². The van der Waals surface area contributed by atoms with Gasteiger partial charge in [-0.2, -0.15) is 42.6 Å². The Kier molecular flexibility index (Phi) is 18.2. The highest BCUT2D eigenvalue weighted by molar-refractivity contribution is 7.87. The van der Waals surface area contributed by atoms with Crippen molar-refractivity contribution in [2.24, 2.45) is 26.4 Å². The molecule has 0 aromatic heterocycles. The second kappa shape index (κ2) is 22.8. The Morgan fingerprint density at radius 2 is 0.917 bits per heavy atom. The molecule has 0 radical (unpaired) electrons. The van der Waals surface area contributed by atoms with E-state index in [4.69, 9.17) is 22.7 Å². The van der Waals surface area contributed by atoms with Gasteiger partial charge in [-0.05, 0) is 125 Å². The lowest BCUT2D eigenvalue weighted by Gasteiger charge is -2.36. The molecule has 1 unspecified atom stereocenters. The lowest BCUT2D eigenvalue weighted by molar-refractivity contribution is 0.110. The first kappa shape index (κ1) is 48.0. The van der Waals surface area contributed by atoms with Crippen molar-refractivity contribution in [1.29, 1.82) is 5.26 Å². The van der Waals surface area contributed by atoms with Crippen LogP contribution in [0.15, 0.2) is 127 Å². The highest BCUT2D eigenvalue weighted by Gasteiger charge is 2.30. The molecule has 1 atom stereocenters. The van der Waals surface area contributed by atoms with E-state index in [0.717, 1.165) is 11.4 Å². The number of hydrogen-bond donors (Lipinski definition) is 0. The molecular formula is C41H53N8O8PS2. The van der Waals surface area contributed by atoms with Crippen LogP contribution in [0.5, 0.6) is 0 Å². The van der Waals surface area contributed by atoms with Gasteiger partial charge in [0, 0.05) is 57.6 Å². The molecule has 60 heavy (non-hydrogen) atoms.